The Morgan fingerprint density at radius 1 is 1.19 bits per heavy atom. The van der Waals surface area contributed by atoms with Gasteiger partial charge in [0.2, 0.25) is 0 Å². The number of aryl methyl sites for hydroxylation is 1. The lowest BCUT2D eigenvalue weighted by atomic mass is 10.0. The van der Waals surface area contributed by atoms with Crippen LogP contribution in [-0.2, 0) is 12.8 Å². The molecule has 0 N–H and O–H groups in total. The Hall–Kier alpha value is -2.14. The van der Waals surface area contributed by atoms with Crippen molar-refractivity contribution in [3.05, 3.63) is 47.5 Å². The molecule has 2 heterocycles. The summed E-state index contributed by atoms with van der Waals surface area (Å²) in [6, 6.07) is 8.03. The summed E-state index contributed by atoms with van der Waals surface area (Å²) in [6.07, 6.45) is 4.47. The number of methoxy groups -OCH3 is 1. The minimum absolute atomic E-state index is 0.694. The van der Waals surface area contributed by atoms with Crippen LogP contribution in [0, 0.1) is 5.92 Å². The molecular formula is C21H29N3O2. The SMILES string of the molecule is CCc1ccnc(Cc2ccc(OC)c(OCCCN3CC(C)C3)c2)n1. The molecule has 5 nitrogen and oxygen atoms in total. The van der Waals surface area contributed by atoms with Gasteiger partial charge in [0.25, 0.3) is 0 Å². The predicted octanol–water partition coefficient (Wildman–Crippen LogP) is 3.36. The maximum Gasteiger partial charge on any atom is 0.161 e. The summed E-state index contributed by atoms with van der Waals surface area (Å²) in [5.74, 6) is 3.26. The van der Waals surface area contributed by atoms with Gasteiger partial charge in [-0.15, -0.1) is 0 Å². The fourth-order valence-corrected chi connectivity index (χ4v) is 3.33. The quantitative estimate of drug-likeness (QED) is 0.646. The van der Waals surface area contributed by atoms with E-state index in [1.165, 1.54) is 13.1 Å². The normalized spacial score (nSPS) is 14.9. The van der Waals surface area contributed by atoms with Crippen molar-refractivity contribution in [2.45, 2.75) is 33.1 Å². The average molecular weight is 355 g/mol. The van der Waals surface area contributed by atoms with Crippen molar-refractivity contribution in [1.29, 1.82) is 0 Å². The predicted molar refractivity (Wildman–Crippen MR) is 103 cm³/mol. The van der Waals surface area contributed by atoms with Crippen LogP contribution in [0.1, 0.15) is 37.4 Å². The van der Waals surface area contributed by atoms with E-state index in [1.807, 2.05) is 24.4 Å². The van der Waals surface area contributed by atoms with E-state index in [-0.39, 0.29) is 0 Å². The summed E-state index contributed by atoms with van der Waals surface area (Å²) in [5, 5.41) is 0. The molecule has 0 saturated carbocycles. The van der Waals surface area contributed by atoms with Gasteiger partial charge in [-0.25, -0.2) is 9.97 Å². The highest BCUT2D eigenvalue weighted by Gasteiger charge is 2.21. The Kier molecular flexibility index (Phi) is 6.45. The number of aromatic nitrogens is 2. The van der Waals surface area contributed by atoms with E-state index in [4.69, 9.17) is 9.47 Å². The summed E-state index contributed by atoms with van der Waals surface area (Å²) < 4.78 is 11.4. The van der Waals surface area contributed by atoms with Gasteiger partial charge in [-0.05, 0) is 42.5 Å². The van der Waals surface area contributed by atoms with E-state index >= 15 is 0 Å². The van der Waals surface area contributed by atoms with Crippen LogP contribution in [0.2, 0.25) is 0 Å². The Balaban J connectivity index is 1.58. The van der Waals surface area contributed by atoms with Gasteiger partial charge < -0.3 is 14.4 Å². The molecule has 0 amide bonds. The first-order chi connectivity index (χ1) is 12.7. The Morgan fingerprint density at radius 2 is 2.04 bits per heavy atom. The zero-order valence-electron chi connectivity index (χ0n) is 16.1. The highest BCUT2D eigenvalue weighted by atomic mass is 16.5. The van der Waals surface area contributed by atoms with E-state index in [0.29, 0.717) is 13.0 Å². The third-order valence-corrected chi connectivity index (χ3v) is 4.73. The molecule has 1 saturated heterocycles. The van der Waals surface area contributed by atoms with Gasteiger partial charge >= 0.3 is 0 Å². The molecule has 2 aromatic rings. The molecular weight excluding hydrogens is 326 g/mol. The lowest BCUT2D eigenvalue weighted by Gasteiger charge is -2.37. The van der Waals surface area contributed by atoms with Crippen molar-refractivity contribution in [3.63, 3.8) is 0 Å². The maximum absolute atomic E-state index is 6.00. The first kappa shape index (κ1) is 18.6. The van der Waals surface area contributed by atoms with Gasteiger partial charge in [0.05, 0.1) is 13.7 Å². The molecule has 140 valence electrons. The van der Waals surface area contributed by atoms with E-state index in [9.17, 15) is 0 Å². The van der Waals surface area contributed by atoms with Crippen molar-refractivity contribution < 1.29 is 9.47 Å². The largest absolute Gasteiger partial charge is 0.493 e. The third kappa shape index (κ3) is 4.94. The second-order valence-electron chi connectivity index (χ2n) is 7.05. The third-order valence-electron chi connectivity index (χ3n) is 4.73. The highest BCUT2D eigenvalue weighted by molar-refractivity contribution is 5.43. The zero-order chi connectivity index (χ0) is 18.4. The minimum atomic E-state index is 0.694. The number of rotatable bonds is 9. The maximum atomic E-state index is 6.00. The number of hydrogen-bond acceptors (Lipinski definition) is 5. The lowest BCUT2D eigenvalue weighted by molar-refractivity contribution is 0.105. The summed E-state index contributed by atoms with van der Waals surface area (Å²) in [5.41, 5.74) is 2.20. The summed E-state index contributed by atoms with van der Waals surface area (Å²) in [4.78, 5) is 11.4. The molecule has 1 aromatic heterocycles. The Bertz CT molecular complexity index is 714. The second-order valence-corrected chi connectivity index (χ2v) is 7.05. The van der Waals surface area contributed by atoms with Crippen LogP contribution >= 0.6 is 0 Å². The molecule has 0 atom stereocenters. The number of benzene rings is 1. The van der Waals surface area contributed by atoms with Crippen LogP contribution in [0.15, 0.2) is 30.5 Å². The van der Waals surface area contributed by atoms with Crippen molar-refractivity contribution in [2.24, 2.45) is 5.92 Å². The molecule has 0 aliphatic carbocycles. The zero-order valence-corrected chi connectivity index (χ0v) is 16.1. The van der Waals surface area contributed by atoms with Crippen LogP contribution in [0.5, 0.6) is 11.5 Å². The average Bonchev–Trinajstić information content (AvgIpc) is 2.64. The van der Waals surface area contributed by atoms with Crippen LogP contribution in [0.3, 0.4) is 0 Å². The molecule has 1 aliphatic heterocycles. The standard InChI is InChI=1S/C21H29N3O2/c1-4-18-8-9-22-21(23-18)13-17-6-7-19(25-3)20(12-17)26-11-5-10-24-14-16(2)15-24/h6-9,12,16H,4-5,10-11,13-15H2,1-3H3. The van der Waals surface area contributed by atoms with Crippen LogP contribution < -0.4 is 9.47 Å². The van der Waals surface area contributed by atoms with Gasteiger partial charge in [0.1, 0.15) is 5.82 Å². The van der Waals surface area contributed by atoms with Crippen LogP contribution in [-0.4, -0.2) is 48.2 Å². The number of ether oxygens (including phenoxy) is 2. The van der Waals surface area contributed by atoms with Crippen molar-refractivity contribution >= 4 is 0 Å². The molecule has 0 bridgehead atoms. The Labute approximate surface area is 156 Å². The number of nitrogens with zero attached hydrogens (tertiary/aromatic N) is 3. The van der Waals surface area contributed by atoms with E-state index in [1.54, 1.807) is 7.11 Å². The van der Waals surface area contributed by atoms with Crippen LogP contribution in [0.4, 0.5) is 0 Å². The van der Waals surface area contributed by atoms with Crippen molar-refractivity contribution in [2.75, 3.05) is 33.4 Å². The molecule has 26 heavy (non-hydrogen) atoms. The monoisotopic (exact) mass is 355 g/mol. The molecule has 5 heteroatoms. The molecule has 0 radical (unpaired) electrons. The fraction of sp³-hybridized carbons (Fsp3) is 0.524. The van der Waals surface area contributed by atoms with Crippen molar-refractivity contribution in [1.82, 2.24) is 14.9 Å². The molecule has 0 unspecified atom stereocenters. The topological polar surface area (TPSA) is 47.5 Å². The molecule has 0 spiro atoms. The van der Waals surface area contributed by atoms with Crippen molar-refractivity contribution in [3.8, 4) is 11.5 Å². The molecule has 1 aromatic carbocycles. The smallest absolute Gasteiger partial charge is 0.161 e. The minimum Gasteiger partial charge on any atom is -0.493 e. The van der Waals surface area contributed by atoms with Gasteiger partial charge in [0.15, 0.2) is 11.5 Å². The fourth-order valence-electron chi connectivity index (χ4n) is 3.33. The summed E-state index contributed by atoms with van der Waals surface area (Å²) in [7, 11) is 1.68. The first-order valence-corrected chi connectivity index (χ1v) is 9.50. The number of likely N-dealkylation sites (tertiary alicyclic amines) is 1. The Morgan fingerprint density at radius 3 is 2.77 bits per heavy atom. The van der Waals surface area contributed by atoms with Gasteiger partial charge in [-0.2, -0.15) is 0 Å². The molecule has 3 rings (SSSR count). The van der Waals surface area contributed by atoms with Gasteiger partial charge in [0, 0.05) is 37.9 Å². The molecule has 1 fully saturated rings. The second kappa shape index (κ2) is 8.99. The lowest BCUT2D eigenvalue weighted by Crippen LogP contribution is -2.45. The van der Waals surface area contributed by atoms with Crippen LogP contribution in [0.25, 0.3) is 0 Å². The highest BCUT2D eigenvalue weighted by Crippen LogP contribution is 2.29. The van der Waals surface area contributed by atoms with Gasteiger partial charge in [-0.3, -0.25) is 0 Å². The van der Waals surface area contributed by atoms with E-state index in [2.05, 4.69) is 34.8 Å². The first-order valence-electron chi connectivity index (χ1n) is 9.50. The number of hydrogen-bond donors (Lipinski definition) is 0. The van der Waals surface area contributed by atoms with E-state index in [0.717, 1.165) is 53.9 Å². The van der Waals surface area contributed by atoms with Gasteiger partial charge in [-0.1, -0.05) is 19.9 Å². The summed E-state index contributed by atoms with van der Waals surface area (Å²) >= 11 is 0. The molecule has 1 aliphatic rings. The van der Waals surface area contributed by atoms with E-state index < -0.39 is 0 Å². The summed E-state index contributed by atoms with van der Waals surface area (Å²) in [6.45, 7) is 8.64.